The van der Waals surface area contributed by atoms with E-state index < -0.39 is 0 Å². The summed E-state index contributed by atoms with van der Waals surface area (Å²) in [6, 6.07) is 63.5. The summed E-state index contributed by atoms with van der Waals surface area (Å²) >= 11 is 0. The number of fused-ring (bicyclic) bond motifs is 9. The Hall–Kier alpha value is -7.63. The molecule has 304 valence electrons. The van der Waals surface area contributed by atoms with Gasteiger partial charge in [0.2, 0.25) is 0 Å². The van der Waals surface area contributed by atoms with E-state index in [2.05, 4.69) is 161 Å². The van der Waals surface area contributed by atoms with Crippen LogP contribution >= 0.6 is 0 Å². The SMILES string of the molecule is CC1(C)c2ccccc2-c2c(-c3nc(Cc4cccc(-c5ccccc5)c4)nc(-c4cccc5oc6ccccc6c45)n3)cccc21.CC1(C)c2ccccc2-c2cccc(N)c21. The molecule has 2 N–H and O–H groups in total. The largest absolute Gasteiger partial charge is 0.456 e. The zero-order chi connectivity index (χ0) is 42.9. The van der Waals surface area contributed by atoms with Crippen molar-refractivity contribution in [2.45, 2.75) is 44.9 Å². The van der Waals surface area contributed by atoms with Crippen molar-refractivity contribution in [1.29, 1.82) is 0 Å². The minimum absolute atomic E-state index is 0.0251. The summed E-state index contributed by atoms with van der Waals surface area (Å²) in [6.07, 6.45) is 0.572. The smallest absolute Gasteiger partial charge is 0.164 e. The molecule has 12 rings (SSSR count). The summed E-state index contributed by atoms with van der Waals surface area (Å²) in [5.41, 5.74) is 24.4. The molecule has 0 atom stereocenters. The topological polar surface area (TPSA) is 77.8 Å². The van der Waals surface area contributed by atoms with Crippen molar-refractivity contribution < 1.29 is 4.42 Å². The predicted octanol–water partition coefficient (Wildman–Crippen LogP) is 14.2. The van der Waals surface area contributed by atoms with Crippen molar-refractivity contribution in [2.75, 3.05) is 5.73 Å². The lowest BCUT2D eigenvalue weighted by atomic mass is 9.82. The molecule has 8 aromatic carbocycles. The third-order valence-corrected chi connectivity index (χ3v) is 13.2. The van der Waals surface area contributed by atoms with E-state index in [0.717, 1.165) is 50.1 Å². The van der Waals surface area contributed by atoms with Gasteiger partial charge in [0.25, 0.3) is 0 Å². The monoisotopic (exact) mass is 814 g/mol. The van der Waals surface area contributed by atoms with Gasteiger partial charge in [0.15, 0.2) is 11.6 Å². The summed E-state index contributed by atoms with van der Waals surface area (Å²) in [6.45, 7) is 9.09. The average Bonchev–Trinajstić information content (AvgIpc) is 3.90. The van der Waals surface area contributed by atoms with Gasteiger partial charge < -0.3 is 10.2 Å². The maximum atomic E-state index is 6.26. The number of benzene rings is 8. The maximum absolute atomic E-state index is 6.26. The number of anilines is 1. The second-order valence-electron chi connectivity index (χ2n) is 17.8. The van der Waals surface area contributed by atoms with Crippen LogP contribution in [0.15, 0.2) is 186 Å². The van der Waals surface area contributed by atoms with Gasteiger partial charge >= 0.3 is 0 Å². The van der Waals surface area contributed by atoms with Crippen LogP contribution in [-0.2, 0) is 17.3 Å². The van der Waals surface area contributed by atoms with Crippen LogP contribution in [0.4, 0.5) is 5.69 Å². The first-order chi connectivity index (χ1) is 30.7. The van der Waals surface area contributed by atoms with Crippen LogP contribution in [0.3, 0.4) is 0 Å². The Balaban J connectivity index is 0.000000232. The highest BCUT2D eigenvalue weighted by molar-refractivity contribution is 6.11. The van der Waals surface area contributed by atoms with E-state index in [1.807, 2.05) is 48.5 Å². The fourth-order valence-corrected chi connectivity index (χ4v) is 10.2. The Morgan fingerprint density at radius 2 is 1.03 bits per heavy atom. The predicted molar refractivity (Wildman–Crippen MR) is 259 cm³/mol. The number of aromatic nitrogens is 3. The molecular weight excluding hydrogens is 769 g/mol. The van der Waals surface area contributed by atoms with Crippen LogP contribution in [0.2, 0.25) is 0 Å². The van der Waals surface area contributed by atoms with Crippen molar-refractivity contribution >= 4 is 27.6 Å². The standard InChI is InChI=1S/C43H31N3O.C15H15N/c1-43(2)34-21-8-6-17-30(34)39-32(19-11-22-35(39)43)41-44-38(26-27-13-10-16-29(25-27)28-14-4-3-5-15-28)45-42(46-41)33-20-12-24-37-40(33)31-18-7-9-23-36(31)47-37;1-15(2)12-8-4-3-6-10(12)11-7-5-9-13(16)14(11)15/h3-25H,26H2,1-2H3;3-9H,16H2,1-2H3. The second kappa shape index (κ2) is 14.8. The Morgan fingerprint density at radius 1 is 0.460 bits per heavy atom. The fourth-order valence-electron chi connectivity index (χ4n) is 10.2. The zero-order valence-corrected chi connectivity index (χ0v) is 35.9. The number of nitrogens with two attached hydrogens (primary N) is 1. The minimum atomic E-state index is -0.125. The molecule has 0 radical (unpaired) electrons. The lowest BCUT2D eigenvalue weighted by molar-refractivity contribution is 0.660. The first kappa shape index (κ1) is 38.3. The van der Waals surface area contributed by atoms with Crippen molar-refractivity contribution in [1.82, 2.24) is 15.0 Å². The van der Waals surface area contributed by atoms with Gasteiger partial charge in [0.1, 0.15) is 17.0 Å². The second-order valence-corrected chi connectivity index (χ2v) is 17.8. The van der Waals surface area contributed by atoms with Gasteiger partial charge in [-0.2, -0.15) is 0 Å². The van der Waals surface area contributed by atoms with Crippen LogP contribution in [0.1, 0.15) is 61.3 Å². The lowest BCUT2D eigenvalue weighted by Crippen LogP contribution is -2.16. The molecule has 0 saturated carbocycles. The maximum Gasteiger partial charge on any atom is 0.164 e. The molecule has 10 aromatic rings. The molecule has 0 aliphatic heterocycles. The van der Waals surface area contributed by atoms with E-state index in [9.17, 15) is 0 Å². The van der Waals surface area contributed by atoms with Crippen LogP contribution in [-0.4, -0.2) is 15.0 Å². The number of nitrogens with zero attached hydrogens (tertiary/aromatic N) is 3. The quantitative estimate of drug-likeness (QED) is 0.175. The summed E-state index contributed by atoms with van der Waals surface area (Å²) < 4.78 is 6.26. The summed E-state index contributed by atoms with van der Waals surface area (Å²) in [7, 11) is 0. The Kier molecular flexibility index (Phi) is 8.98. The van der Waals surface area contributed by atoms with E-state index in [1.165, 1.54) is 55.6 Å². The number of nitrogen functional groups attached to an aromatic ring is 1. The Labute approximate surface area is 368 Å². The number of hydrogen-bond donors (Lipinski definition) is 1. The highest BCUT2D eigenvalue weighted by Crippen LogP contribution is 2.52. The molecule has 5 nitrogen and oxygen atoms in total. The van der Waals surface area contributed by atoms with E-state index in [4.69, 9.17) is 25.1 Å². The van der Waals surface area contributed by atoms with Crippen LogP contribution in [0.25, 0.3) is 78.1 Å². The fraction of sp³-hybridized carbons (Fsp3) is 0.121. The highest BCUT2D eigenvalue weighted by atomic mass is 16.3. The van der Waals surface area contributed by atoms with E-state index >= 15 is 0 Å². The van der Waals surface area contributed by atoms with Crippen LogP contribution in [0.5, 0.6) is 0 Å². The number of hydrogen-bond acceptors (Lipinski definition) is 5. The van der Waals surface area contributed by atoms with Gasteiger partial charge in [-0.25, -0.2) is 15.0 Å². The van der Waals surface area contributed by atoms with Gasteiger partial charge in [-0.05, 0) is 79.4 Å². The van der Waals surface area contributed by atoms with E-state index in [1.54, 1.807) is 0 Å². The zero-order valence-electron chi connectivity index (χ0n) is 35.9. The molecule has 2 heterocycles. The third-order valence-electron chi connectivity index (χ3n) is 13.2. The van der Waals surface area contributed by atoms with Crippen molar-refractivity contribution in [2.24, 2.45) is 0 Å². The lowest BCUT2D eigenvalue weighted by Gasteiger charge is -2.22. The summed E-state index contributed by atoms with van der Waals surface area (Å²) in [5, 5.41) is 2.07. The van der Waals surface area contributed by atoms with Gasteiger partial charge in [-0.1, -0.05) is 191 Å². The molecule has 0 unspecified atom stereocenters. The van der Waals surface area contributed by atoms with Gasteiger partial charge in [0.05, 0.1) is 0 Å². The number of furan rings is 1. The average molecular weight is 815 g/mol. The summed E-state index contributed by atoms with van der Waals surface area (Å²) in [5.74, 6) is 2.05. The molecule has 5 heteroatoms. The third kappa shape index (κ3) is 6.34. The first-order valence-electron chi connectivity index (χ1n) is 21.7. The Morgan fingerprint density at radius 3 is 1.86 bits per heavy atom. The number of para-hydroxylation sites is 1. The molecule has 0 fully saturated rings. The molecule has 0 amide bonds. The van der Waals surface area contributed by atoms with Crippen molar-refractivity contribution in [3.05, 3.63) is 216 Å². The molecule has 63 heavy (non-hydrogen) atoms. The van der Waals surface area contributed by atoms with Gasteiger partial charge in [0, 0.05) is 44.8 Å². The number of rotatable bonds is 5. The van der Waals surface area contributed by atoms with Crippen molar-refractivity contribution in [3.63, 3.8) is 0 Å². The molecular formula is C58H46N4O. The molecule has 0 spiro atoms. The minimum Gasteiger partial charge on any atom is -0.456 e. The van der Waals surface area contributed by atoms with Crippen LogP contribution in [0, 0.1) is 0 Å². The molecule has 2 aromatic heterocycles. The van der Waals surface area contributed by atoms with Gasteiger partial charge in [-0.3, -0.25) is 0 Å². The van der Waals surface area contributed by atoms with Gasteiger partial charge in [-0.15, -0.1) is 0 Å². The van der Waals surface area contributed by atoms with E-state index in [0.29, 0.717) is 18.1 Å². The van der Waals surface area contributed by atoms with Crippen molar-refractivity contribution in [3.8, 4) is 56.2 Å². The molecule has 2 aliphatic rings. The normalized spacial score (nSPS) is 13.8. The van der Waals surface area contributed by atoms with Crippen LogP contribution < -0.4 is 5.73 Å². The summed E-state index contributed by atoms with van der Waals surface area (Å²) in [4.78, 5) is 15.6. The van der Waals surface area contributed by atoms with E-state index in [-0.39, 0.29) is 10.8 Å². The first-order valence-corrected chi connectivity index (χ1v) is 21.7. The molecule has 0 bridgehead atoms. The molecule has 0 saturated heterocycles. The highest BCUT2D eigenvalue weighted by Gasteiger charge is 2.38. The Bertz CT molecular complexity index is 3400. The molecule has 2 aliphatic carbocycles.